The van der Waals surface area contributed by atoms with Crippen molar-refractivity contribution in [2.24, 2.45) is 0 Å². The Morgan fingerprint density at radius 2 is 2.10 bits per heavy atom. The third-order valence-corrected chi connectivity index (χ3v) is 3.59. The van der Waals surface area contributed by atoms with Crippen molar-refractivity contribution in [1.82, 2.24) is 0 Å². The van der Waals surface area contributed by atoms with Crippen molar-refractivity contribution in [2.75, 3.05) is 7.11 Å². The van der Waals surface area contributed by atoms with Gasteiger partial charge < -0.3 is 4.74 Å². The fraction of sp³-hybridized carbons (Fsp3) is 0.385. The molecule has 0 aromatic heterocycles. The van der Waals surface area contributed by atoms with Crippen molar-refractivity contribution in [2.45, 2.75) is 25.5 Å². The molecule has 0 atom stereocenters. The summed E-state index contributed by atoms with van der Waals surface area (Å²) in [5.74, 6) is 1.80. The first-order chi connectivity index (χ1) is 9.62. The van der Waals surface area contributed by atoms with Gasteiger partial charge >= 0.3 is 5.97 Å². The molecule has 2 rings (SSSR count). The van der Waals surface area contributed by atoms with Crippen molar-refractivity contribution in [3.05, 3.63) is 28.2 Å². The first-order valence-corrected chi connectivity index (χ1v) is 6.97. The van der Waals surface area contributed by atoms with Gasteiger partial charge in [0.25, 0.3) is 6.71 Å². The number of hydrogen-bond acceptors (Lipinski definition) is 4. The van der Waals surface area contributed by atoms with Crippen LogP contribution in [0, 0.1) is 11.2 Å². The van der Waals surface area contributed by atoms with Crippen molar-refractivity contribution in [3.63, 3.8) is 0 Å². The summed E-state index contributed by atoms with van der Waals surface area (Å²) in [6.45, 7) is 0.403. The summed E-state index contributed by atoms with van der Waals surface area (Å²) in [5, 5.41) is 8.32. The summed E-state index contributed by atoms with van der Waals surface area (Å²) in [4.78, 5) is 14.5. The molecule has 20 heavy (non-hydrogen) atoms. The number of benzene rings is 1. The Morgan fingerprint density at radius 3 is 2.50 bits per heavy atom. The van der Waals surface area contributed by atoms with Gasteiger partial charge in [0.05, 0.1) is 17.1 Å². The zero-order chi connectivity index (χ0) is 15.0. The Morgan fingerprint density at radius 1 is 1.45 bits per heavy atom. The Balaban J connectivity index is 0.000000240. The summed E-state index contributed by atoms with van der Waals surface area (Å²) < 4.78 is 16.6. The minimum absolute atomic E-state index is 0.0210. The van der Waals surface area contributed by atoms with Gasteiger partial charge in [-0.25, -0.2) is 10.1 Å². The first-order valence-electron chi connectivity index (χ1n) is 6.18. The topological polar surface area (TPSA) is 59.3 Å². The molecule has 1 fully saturated rings. The number of nitrogens with zero attached hydrogens (tertiary/aromatic N) is 1. The zero-order valence-corrected chi connectivity index (χ0v) is 12.7. The van der Waals surface area contributed by atoms with E-state index in [1.54, 1.807) is 0 Å². The van der Waals surface area contributed by atoms with Gasteiger partial charge in [-0.2, -0.15) is 0 Å². The molecule has 0 bridgehead atoms. The van der Waals surface area contributed by atoms with E-state index in [1.807, 2.05) is 0 Å². The van der Waals surface area contributed by atoms with Crippen LogP contribution in [-0.4, -0.2) is 19.8 Å². The van der Waals surface area contributed by atoms with Crippen LogP contribution >= 0.6 is 15.9 Å². The van der Waals surface area contributed by atoms with Crippen LogP contribution in [0.5, 0.6) is 5.75 Å². The third-order valence-electron chi connectivity index (χ3n) is 2.97. The smallest absolute Gasteiger partial charge is 0.337 e. The van der Waals surface area contributed by atoms with Crippen LogP contribution in [-0.2, 0) is 4.74 Å². The van der Waals surface area contributed by atoms with Crippen LogP contribution in [0.3, 0.4) is 0 Å². The Labute approximate surface area is 126 Å². The summed E-state index contributed by atoms with van der Waals surface area (Å²) in [7, 11) is 1.27. The van der Waals surface area contributed by atoms with Crippen LogP contribution in [0.2, 0.25) is 12.6 Å². The number of rotatable bonds is 2. The number of esters is 1. The number of ether oxygens (including phenoxy) is 1. The van der Waals surface area contributed by atoms with E-state index in [2.05, 4.69) is 31.6 Å². The average Bonchev–Trinajstić information content (AvgIpc) is 3.00. The van der Waals surface area contributed by atoms with E-state index in [9.17, 15) is 9.32 Å². The van der Waals surface area contributed by atoms with E-state index in [1.165, 1.54) is 38.2 Å². The maximum absolute atomic E-state index is 11.8. The molecule has 1 saturated heterocycles. The van der Waals surface area contributed by atoms with Crippen LogP contribution in [0.4, 0.5) is 4.53 Å². The standard InChI is InChI=1S/C8H6BrFO3.C5H8BN/c1-12-8(11)5-2-3-7(13-10)6(9)4-5;7-5-6-3-1-2-4-6/h2-4H,1H3;1-4H2. The van der Waals surface area contributed by atoms with Crippen LogP contribution < -0.4 is 4.94 Å². The van der Waals surface area contributed by atoms with Crippen LogP contribution in [0.15, 0.2) is 22.7 Å². The van der Waals surface area contributed by atoms with E-state index in [0.29, 0.717) is 16.7 Å². The van der Waals surface area contributed by atoms with Gasteiger partial charge in [0.1, 0.15) is 0 Å². The predicted molar refractivity (Wildman–Crippen MR) is 77.4 cm³/mol. The third kappa shape index (κ3) is 4.85. The predicted octanol–water partition coefficient (Wildman–Crippen LogP) is 3.84. The molecule has 0 spiro atoms. The Bertz CT molecular complexity index is 501. The van der Waals surface area contributed by atoms with E-state index in [0.717, 1.165) is 12.6 Å². The molecule has 1 aliphatic rings. The minimum Gasteiger partial charge on any atom is -0.465 e. The molecule has 0 N–H and O–H groups in total. The summed E-state index contributed by atoms with van der Waals surface area (Å²) in [5.41, 5.74) is 0.329. The number of nitriles is 1. The van der Waals surface area contributed by atoms with E-state index >= 15 is 0 Å². The van der Waals surface area contributed by atoms with Gasteiger partial charge in [0, 0.05) is 10.5 Å². The second kappa shape index (κ2) is 8.59. The van der Waals surface area contributed by atoms with Crippen molar-refractivity contribution in [1.29, 1.82) is 5.26 Å². The lowest BCUT2D eigenvalue weighted by atomic mass is 9.50. The molecule has 106 valence electrons. The summed E-state index contributed by atoms with van der Waals surface area (Å²) in [6.07, 6.45) is 4.85. The quantitative estimate of drug-likeness (QED) is 0.605. The van der Waals surface area contributed by atoms with Gasteiger partial charge in [0.15, 0.2) is 5.75 Å². The molecule has 4 nitrogen and oxygen atoms in total. The van der Waals surface area contributed by atoms with E-state index in [4.69, 9.17) is 5.26 Å². The van der Waals surface area contributed by atoms with Gasteiger partial charge in [-0.1, -0.05) is 25.5 Å². The molecule has 1 aromatic carbocycles. The van der Waals surface area contributed by atoms with Crippen molar-refractivity contribution in [3.8, 4) is 11.7 Å². The maximum atomic E-state index is 11.8. The lowest BCUT2D eigenvalue weighted by Gasteiger charge is -2.01. The maximum Gasteiger partial charge on any atom is 0.337 e. The van der Waals surface area contributed by atoms with Gasteiger partial charge in [-0.15, -0.1) is 0 Å². The lowest BCUT2D eigenvalue weighted by molar-refractivity contribution is -0.00718. The molecule has 0 aliphatic carbocycles. The first kappa shape index (κ1) is 16.5. The molecule has 1 aromatic rings. The largest absolute Gasteiger partial charge is 0.465 e. The average molecular weight is 342 g/mol. The number of carbonyl (C=O) groups excluding carboxylic acids is 1. The van der Waals surface area contributed by atoms with Gasteiger partial charge in [0.2, 0.25) is 0 Å². The lowest BCUT2D eigenvalue weighted by Crippen LogP contribution is -2.00. The highest BCUT2D eigenvalue weighted by molar-refractivity contribution is 9.10. The van der Waals surface area contributed by atoms with Crippen LogP contribution in [0.1, 0.15) is 23.2 Å². The molecule has 7 heteroatoms. The second-order valence-corrected chi connectivity index (χ2v) is 5.18. The number of hydrogen-bond donors (Lipinski definition) is 0. The SMILES string of the molecule is COC(=O)c1ccc(OF)c(Br)c1.N#CB1CCCC1. The number of carbonyl (C=O) groups is 1. The monoisotopic (exact) mass is 341 g/mol. The Kier molecular flexibility index (Phi) is 7.09. The van der Waals surface area contributed by atoms with Crippen molar-refractivity contribution >= 4 is 28.6 Å². The van der Waals surface area contributed by atoms with Crippen LogP contribution in [0.25, 0.3) is 0 Å². The molecule has 0 amide bonds. The van der Waals surface area contributed by atoms with E-state index < -0.39 is 5.97 Å². The molecule has 0 saturated carbocycles. The molecule has 1 heterocycles. The Hall–Kier alpha value is -1.55. The van der Waals surface area contributed by atoms with Gasteiger partial charge in [-0.05, 0) is 34.1 Å². The molecular formula is C13H14BBrFNO3. The number of halogens is 2. The number of methoxy groups -OCH3 is 1. The second-order valence-electron chi connectivity index (χ2n) is 4.32. The highest BCUT2D eigenvalue weighted by Gasteiger charge is 2.17. The minimum atomic E-state index is -0.480. The molecular weight excluding hydrogens is 328 g/mol. The summed E-state index contributed by atoms with van der Waals surface area (Å²) >= 11 is 3.03. The molecule has 0 radical (unpaired) electrons. The fourth-order valence-corrected chi connectivity index (χ4v) is 2.30. The van der Waals surface area contributed by atoms with Crippen molar-refractivity contribution < 1.29 is 19.0 Å². The van der Waals surface area contributed by atoms with E-state index in [-0.39, 0.29) is 5.75 Å². The molecule has 0 unspecified atom stereocenters. The fourth-order valence-electron chi connectivity index (χ4n) is 1.86. The zero-order valence-electron chi connectivity index (χ0n) is 11.1. The summed E-state index contributed by atoms with van der Waals surface area (Å²) in [6, 6.07) is 4.16. The highest BCUT2D eigenvalue weighted by Crippen LogP contribution is 2.26. The molecule has 1 aliphatic heterocycles. The van der Waals surface area contributed by atoms with Gasteiger partial charge in [-0.3, -0.25) is 4.94 Å². The highest BCUT2D eigenvalue weighted by atomic mass is 79.9. The normalized spacial score (nSPS) is 13.0.